The lowest BCUT2D eigenvalue weighted by atomic mass is 10.3. The minimum absolute atomic E-state index is 0.0192. The molecule has 100 valence electrons. The molecule has 0 aliphatic heterocycles. The number of sulfone groups is 1. The first-order valence-corrected chi connectivity index (χ1v) is 7.12. The highest BCUT2D eigenvalue weighted by Gasteiger charge is 2.09. The fraction of sp³-hybridized carbons (Fsp3) is 0.0909. The summed E-state index contributed by atoms with van der Waals surface area (Å²) in [5, 5.41) is 0. The van der Waals surface area contributed by atoms with E-state index in [0.29, 0.717) is 5.75 Å². The van der Waals surface area contributed by atoms with Gasteiger partial charge >= 0.3 is 0 Å². The van der Waals surface area contributed by atoms with Crippen LogP contribution in [0, 0.1) is 0 Å². The quantitative estimate of drug-likeness (QED) is 0.854. The van der Waals surface area contributed by atoms with Gasteiger partial charge in [0.2, 0.25) is 11.8 Å². The van der Waals surface area contributed by atoms with E-state index in [1.807, 2.05) is 0 Å². The molecule has 1 aromatic carbocycles. The number of hydrogen-bond acceptors (Lipinski definition) is 7. The minimum Gasteiger partial charge on any atom is -0.439 e. The molecule has 0 bridgehead atoms. The van der Waals surface area contributed by atoms with Crippen LogP contribution in [0.4, 0.5) is 11.8 Å². The van der Waals surface area contributed by atoms with Crippen molar-refractivity contribution in [3.63, 3.8) is 0 Å². The van der Waals surface area contributed by atoms with E-state index in [0.717, 1.165) is 6.26 Å². The molecule has 0 atom stereocenters. The van der Waals surface area contributed by atoms with Crippen molar-refractivity contribution in [1.82, 2.24) is 9.97 Å². The molecule has 7 nitrogen and oxygen atoms in total. The third-order valence-corrected chi connectivity index (χ3v) is 3.31. The maximum atomic E-state index is 11.4. The second-order valence-corrected chi connectivity index (χ2v) is 5.85. The lowest BCUT2D eigenvalue weighted by Gasteiger charge is -2.07. The molecular formula is C11H12N4O3S. The maximum Gasteiger partial charge on any atom is 0.226 e. The summed E-state index contributed by atoms with van der Waals surface area (Å²) in [6, 6.07) is 7.43. The van der Waals surface area contributed by atoms with E-state index >= 15 is 0 Å². The summed E-state index contributed by atoms with van der Waals surface area (Å²) in [7, 11) is -3.30. The molecule has 0 amide bonds. The molecule has 0 aliphatic carbocycles. The highest BCUT2D eigenvalue weighted by atomic mass is 32.2. The largest absolute Gasteiger partial charge is 0.439 e. The Morgan fingerprint density at radius 2 is 1.89 bits per heavy atom. The number of rotatable bonds is 3. The van der Waals surface area contributed by atoms with E-state index < -0.39 is 9.84 Å². The van der Waals surface area contributed by atoms with Gasteiger partial charge in [-0.2, -0.15) is 9.97 Å². The summed E-state index contributed by atoms with van der Waals surface area (Å²) < 4.78 is 28.2. The Balaban J connectivity index is 2.33. The molecule has 0 radical (unpaired) electrons. The Labute approximate surface area is 110 Å². The number of aromatic nitrogens is 2. The van der Waals surface area contributed by atoms with Crippen LogP contribution in [0.2, 0.25) is 0 Å². The second kappa shape index (κ2) is 4.73. The summed E-state index contributed by atoms with van der Waals surface area (Å²) in [6.07, 6.45) is 1.12. The van der Waals surface area contributed by atoms with Crippen LogP contribution in [0.3, 0.4) is 0 Å². The van der Waals surface area contributed by atoms with E-state index in [2.05, 4.69) is 9.97 Å². The van der Waals surface area contributed by atoms with Gasteiger partial charge in [0, 0.05) is 12.3 Å². The van der Waals surface area contributed by atoms with E-state index in [1.54, 1.807) is 12.1 Å². The third kappa shape index (κ3) is 3.32. The molecule has 0 spiro atoms. The first-order chi connectivity index (χ1) is 8.84. The van der Waals surface area contributed by atoms with Crippen molar-refractivity contribution in [3.8, 4) is 11.6 Å². The standard InChI is InChI=1S/C11H12N4O3S/c1-19(16,17)8-4-2-3-7(5-8)18-10-6-9(12)14-11(13)15-10/h2-6H,1H3,(H4,12,13,14,15). The lowest BCUT2D eigenvalue weighted by Crippen LogP contribution is -2.01. The molecule has 19 heavy (non-hydrogen) atoms. The van der Waals surface area contributed by atoms with Crippen LogP contribution in [0.1, 0.15) is 0 Å². The Morgan fingerprint density at radius 3 is 2.53 bits per heavy atom. The number of hydrogen-bond donors (Lipinski definition) is 2. The van der Waals surface area contributed by atoms with E-state index in [4.69, 9.17) is 16.2 Å². The van der Waals surface area contributed by atoms with Crippen molar-refractivity contribution in [3.05, 3.63) is 30.3 Å². The number of nitrogens with zero attached hydrogens (tertiary/aromatic N) is 2. The van der Waals surface area contributed by atoms with Crippen LogP contribution in [-0.2, 0) is 9.84 Å². The molecule has 1 aromatic heterocycles. The first-order valence-electron chi connectivity index (χ1n) is 5.22. The molecule has 0 aliphatic rings. The van der Waals surface area contributed by atoms with Gasteiger partial charge in [0.15, 0.2) is 9.84 Å². The molecule has 2 rings (SSSR count). The highest BCUT2D eigenvalue weighted by Crippen LogP contribution is 2.23. The van der Waals surface area contributed by atoms with Gasteiger partial charge in [-0.25, -0.2) is 8.42 Å². The zero-order chi connectivity index (χ0) is 14.0. The van der Waals surface area contributed by atoms with Gasteiger partial charge < -0.3 is 16.2 Å². The number of nitrogens with two attached hydrogens (primary N) is 2. The molecule has 0 saturated carbocycles. The van der Waals surface area contributed by atoms with Crippen molar-refractivity contribution in [2.24, 2.45) is 0 Å². The Kier molecular flexibility index (Phi) is 3.26. The summed E-state index contributed by atoms with van der Waals surface area (Å²) in [5.74, 6) is 0.618. The molecule has 8 heteroatoms. The average Bonchev–Trinajstić information content (AvgIpc) is 2.26. The molecule has 2 aromatic rings. The lowest BCUT2D eigenvalue weighted by molar-refractivity contribution is 0.461. The molecular weight excluding hydrogens is 268 g/mol. The normalized spacial score (nSPS) is 11.2. The molecule has 0 unspecified atom stereocenters. The van der Waals surface area contributed by atoms with Crippen LogP contribution < -0.4 is 16.2 Å². The number of anilines is 2. The number of benzene rings is 1. The summed E-state index contributed by atoms with van der Waals surface area (Å²) in [5.41, 5.74) is 10.9. The average molecular weight is 280 g/mol. The monoisotopic (exact) mass is 280 g/mol. The van der Waals surface area contributed by atoms with Gasteiger partial charge in [0.05, 0.1) is 4.90 Å². The van der Waals surface area contributed by atoms with Gasteiger partial charge in [-0.3, -0.25) is 0 Å². The fourth-order valence-electron chi connectivity index (χ4n) is 1.40. The second-order valence-electron chi connectivity index (χ2n) is 3.84. The van der Waals surface area contributed by atoms with Crippen LogP contribution in [0.5, 0.6) is 11.6 Å². The summed E-state index contributed by atoms with van der Waals surface area (Å²) in [4.78, 5) is 7.69. The minimum atomic E-state index is -3.30. The van der Waals surface area contributed by atoms with Crippen LogP contribution >= 0.6 is 0 Å². The smallest absolute Gasteiger partial charge is 0.226 e. The SMILES string of the molecule is CS(=O)(=O)c1cccc(Oc2cc(N)nc(N)n2)c1. The molecule has 1 heterocycles. The van der Waals surface area contributed by atoms with Crippen molar-refractivity contribution >= 4 is 21.6 Å². The van der Waals surface area contributed by atoms with Crippen LogP contribution in [-0.4, -0.2) is 24.6 Å². The molecule has 0 saturated heterocycles. The zero-order valence-electron chi connectivity index (χ0n) is 10.1. The van der Waals surface area contributed by atoms with Crippen molar-refractivity contribution in [2.45, 2.75) is 4.90 Å². The maximum absolute atomic E-state index is 11.4. The number of nitrogen functional groups attached to an aromatic ring is 2. The van der Waals surface area contributed by atoms with Gasteiger partial charge in [0.1, 0.15) is 11.6 Å². The van der Waals surface area contributed by atoms with Crippen molar-refractivity contribution in [1.29, 1.82) is 0 Å². The highest BCUT2D eigenvalue weighted by molar-refractivity contribution is 7.90. The van der Waals surface area contributed by atoms with Crippen LogP contribution in [0.25, 0.3) is 0 Å². The predicted molar refractivity (Wildman–Crippen MR) is 70.5 cm³/mol. The predicted octanol–water partition coefficient (Wildman–Crippen LogP) is 0.837. The van der Waals surface area contributed by atoms with Gasteiger partial charge in [0.25, 0.3) is 0 Å². The molecule has 4 N–H and O–H groups in total. The van der Waals surface area contributed by atoms with E-state index in [9.17, 15) is 8.42 Å². The first kappa shape index (κ1) is 13.1. The summed E-state index contributed by atoms with van der Waals surface area (Å²) in [6.45, 7) is 0. The third-order valence-electron chi connectivity index (χ3n) is 2.20. The Morgan fingerprint density at radius 1 is 1.16 bits per heavy atom. The molecule has 0 fully saturated rings. The summed E-state index contributed by atoms with van der Waals surface area (Å²) >= 11 is 0. The van der Waals surface area contributed by atoms with Gasteiger partial charge in [-0.15, -0.1) is 0 Å². The van der Waals surface area contributed by atoms with Crippen molar-refractivity contribution in [2.75, 3.05) is 17.7 Å². The van der Waals surface area contributed by atoms with Crippen LogP contribution in [0.15, 0.2) is 35.2 Å². The fourth-order valence-corrected chi connectivity index (χ4v) is 2.06. The zero-order valence-corrected chi connectivity index (χ0v) is 10.9. The number of ether oxygens (including phenoxy) is 1. The Bertz CT molecular complexity index is 695. The topological polar surface area (TPSA) is 121 Å². The van der Waals surface area contributed by atoms with Gasteiger partial charge in [-0.05, 0) is 18.2 Å². The van der Waals surface area contributed by atoms with Crippen molar-refractivity contribution < 1.29 is 13.2 Å². The van der Waals surface area contributed by atoms with Gasteiger partial charge in [-0.1, -0.05) is 6.07 Å². The van der Waals surface area contributed by atoms with E-state index in [1.165, 1.54) is 18.2 Å². The van der Waals surface area contributed by atoms with E-state index in [-0.39, 0.29) is 22.5 Å². The Hall–Kier alpha value is -2.35.